The first-order chi connectivity index (χ1) is 30.7. The maximum Gasteiger partial charge on any atom is 0.338 e. The van der Waals surface area contributed by atoms with Crippen LogP contribution in [0.1, 0.15) is 38.2 Å². The third-order valence-electron chi connectivity index (χ3n) is 9.76. The lowest BCUT2D eigenvalue weighted by atomic mass is 9.85. The van der Waals surface area contributed by atoms with Crippen molar-refractivity contribution >= 4 is 17.1 Å². The standard InChI is InChI=1S/C52H52O10/c53-52(45-23-21-44(22-24-45)51(43-16-8-3-9-17-43)50(41-12-4-1-5-13-41)42-14-6-2-7-15-42)62-39-40-20-25-48-49(38-40)61-37-33-57-29-28-55-31-35-59-47-19-11-10-18-46(47)58-34-30-54-26-27-56-32-36-60-48/h1-25,38H,26-37,39H2. The van der Waals surface area contributed by atoms with Crippen LogP contribution in [-0.4, -0.2) is 85.3 Å². The van der Waals surface area contributed by atoms with Crippen molar-refractivity contribution in [1.29, 1.82) is 0 Å². The van der Waals surface area contributed by atoms with E-state index in [4.69, 9.17) is 42.6 Å². The summed E-state index contributed by atoms with van der Waals surface area (Å²) in [6, 6.07) is 51.7. The Balaban J connectivity index is 0.986. The Morgan fingerprint density at radius 1 is 0.355 bits per heavy atom. The van der Waals surface area contributed by atoms with Crippen molar-refractivity contribution in [3.8, 4) is 23.0 Å². The van der Waals surface area contributed by atoms with Crippen molar-refractivity contribution < 1.29 is 47.4 Å². The molecule has 0 amide bonds. The maximum atomic E-state index is 13.5. The van der Waals surface area contributed by atoms with Crippen molar-refractivity contribution in [2.75, 3.05) is 79.3 Å². The molecule has 7 rings (SSSR count). The van der Waals surface area contributed by atoms with Gasteiger partial charge in [0, 0.05) is 0 Å². The van der Waals surface area contributed by atoms with E-state index in [1.165, 1.54) is 0 Å². The summed E-state index contributed by atoms with van der Waals surface area (Å²) in [6.07, 6.45) is 0. The molecule has 0 N–H and O–H groups in total. The number of carbonyl (C=O) groups is 1. The third kappa shape index (κ3) is 13.0. The van der Waals surface area contributed by atoms with Gasteiger partial charge in [0.15, 0.2) is 23.0 Å². The molecule has 1 aliphatic heterocycles. The molecular weight excluding hydrogens is 785 g/mol. The highest BCUT2D eigenvalue weighted by atomic mass is 16.6. The summed E-state index contributed by atoms with van der Waals surface area (Å²) in [5.41, 5.74) is 7.58. The fourth-order valence-corrected chi connectivity index (χ4v) is 6.78. The summed E-state index contributed by atoms with van der Waals surface area (Å²) in [5.74, 6) is 1.91. The van der Waals surface area contributed by atoms with Crippen LogP contribution in [0.4, 0.5) is 0 Å². The molecule has 0 unspecified atom stereocenters. The number of ether oxygens (including phenoxy) is 9. The molecule has 0 saturated carbocycles. The predicted octanol–water partition coefficient (Wildman–Crippen LogP) is 9.35. The minimum atomic E-state index is -0.436. The second-order valence-electron chi connectivity index (χ2n) is 14.1. The summed E-state index contributed by atoms with van der Waals surface area (Å²) in [4.78, 5) is 13.5. The number of esters is 1. The molecule has 0 atom stereocenters. The largest absolute Gasteiger partial charge is 0.487 e. The van der Waals surface area contributed by atoms with Gasteiger partial charge in [-0.25, -0.2) is 4.79 Å². The number of benzene rings is 6. The highest BCUT2D eigenvalue weighted by Gasteiger charge is 2.18. The van der Waals surface area contributed by atoms with Gasteiger partial charge in [0.2, 0.25) is 0 Å². The van der Waals surface area contributed by atoms with Crippen molar-refractivity contribution in [1.82, 2.24) is 0 Å². The molecule has 62 heavy (non-hydrogen) atoms. The van der Waals surface area contributed by atoms with Gasteiger partial charge in [0.25, 0.3) is 0 Å². The van der Waals surface area contributed by atoms with Gasteiger partial charge in [-0.05, 0) is 75.4 Å². The van der Waals surface area contributed by atoms with E-state index in [0.29, 0.717) is 101 Å². The zero-order valence-electron chi connectivity index (χ0n) is 34.8. The molecule has 320 valence electrons. The zero-order valence-corrected chi connectivity index (χ0v) is 34.8. The molecule has 0 bridgehead atoms. The van der Waals surface area contributed by atoms with E-state index in [1.54, 1.807) is 0 Å². The van der Waals surface area contributed by atoms with E-state index in [1.807, 2.05) is 97.1 Å². The first-order valence-corrected chi connectivity index (χ1v) is 20.9. The van der Waals surface area contributed by atoms with Crippen molar-refractivity contribution in [3.05, 3.63) is 191 Å². The number of carbonyl (C=O) groups excluding carboxylic acids is 1. The van der Waals surface area contributed by atoms with E-state index >= 15 is 0 Å². The average Bonchev–Trinajstić information content (AvgIpc) is 3.32. The van der Waals surface area contributed by atoms with E-state index in [2.05, 4.69) is 60.7 Å². The van der Waals surface area contributed by atoms with E-state index in [0.717, 1.165) is 39.0 Å². The topological polar surface area (TPSA) is 100 Å². The van der Waals surface area contributed by atoms with Gasteiger partial charge in [0.05, 0.1) is 58.4 Å². The summed E-state index contributed by atoms with van der Waals surface area (Å²) in [5, 5.41) is 0. The molecule has 0 aliphatic carbocycles. The highest BCUT2D eigenvalue weighted by Crippen LogP contribution is 2.37. The number of rotatable bonds is 7. The first kappa shape index (κ1) is 43.7. The van der Waals surface area contributed by atoms with Crippen LogP contribution >= 0.6 is 0 Å². The number of fused-ring (bicyclic) bond motifs is 2. The van der Waals surface area contributed by atoms with Gasteiger partial charge in [-0.15, -0.1) is 0 Å². The minimum Gasteiger partial charge on any atom is -0.487 e. The zero-order chi connectivity index (χ0) is 42.4. The summed E-state index contributed by atoms with van der Waals surface area (Å²) in [6.45, 7) is 4.48. The van der Waals surface area contributed by atoms with Crippen molar-refractivity contribution in [2.24, 2.45) is 0 Å². The molecular formula is C52H52O10. The molecule has 0 aromatic heterocycles. The van der Waals surface area contributed by atoms with Gasteiger partial charge in [-0.2, -0.15) is 0 Å². The molecule has 10 nitrogen and oxygen atoms in total. The Hall–Kier alpha value is -6.43. The quantitative estimate of drug-likeness (QED) is 0.114. The molecule has 10 heteroatoms. The van der Waals surface area contributed by atoms with Crippen LogP contribution < -0.4 is 18.9 Å². The average molecular weight is 837 g/mol. The number of para-hydroxylation sites is 2. The Morgan fingerprint density at radius 3 is 1.13 bits per heavy atom. The van der Waals surface area contributed by atoms with Crippen LogP contribution in [0.15, 0.2) is 158 Å². The molecule has 0 saturated heterocycles. The summed E-state index contributed by atoms with van der Waals surface area (Å²) >= 11 is 0. The van der Waals surface area contributed by atoms with Crippen LogP contribution in [-0.2, 0) is 30.3 Å². The van der Waals surface area contributed by atoms with Gasteiger partial charge >= 0.3 is 5.97 Å². The molecule has 1 aliphatic rings. The van der Waals surface area contributed by atoms with Gasteiger partial charge in [-0.3, -0.25) is 0 Å². The fourth-order valence-electron chi connectivity index (χ4n) is 6.78. The van der Waals surface area contributed by atoms with E-state index < -0.39 is 5.97 Å². The lowest BCUT2D eigenvalue weighted by Gasteiger charge is -2.18. The van der Waals surface area contributed by atoms with Crippen LogP contribution in [0.2, 0.25) is 0 Å². The van der Waals surface area contributed by atoms with Crippen molar-refractivity contribution in [3.63, 3.8) is 0 Å². The predicted molar refractivity (Wildman–Crippen MR) is 238 cm³/mol. The number of hydrogen-bond acceptors (Lipinski definition) is 10. The Kier molecular flexibility index (Phi) is 17.0. The monoisotopic (exact) mass is 836 g/mol. The normalized spacial score (nSPS) is 14.7. The van der Waals surface area contributed by atoms with Crippen LogP contribution in [0.3, 0.4) is 0 Å². The third-order valence-corrected chi connectivity index (χ3v) is 9.76. The van der Waals surface area contributed by atoms with Crippen molar-refractivity contribution in [2.45, 2.75) is 6.61 Å². The van der Waals surface area contributed by atoms with Crippen LogP contribution in [0.25, 0.3) is 11.1 Å². The van der Waals surface area contributed by atoms with Gasteiger partial charge in [0.1, 0.15) is 33.0 Å². The second kappa shape index (κ2) is 24.1. The molecule has 6 aromatic rings. The summed E-state index contributed by atoms with van der Waals surface area (Å²) < 4.78 is 52.6. The molecule has 6 aromatic carbocycles. The molecule has 0 fully saturated rings. The maximum absolute atomic E-state index is 13.5. The lowest BCUT2D eigenvalue weighted by Crippen LogP contribution is -2.15. The second-order valence-corrected chi connectivity index (χ2v) is 14.1. The van der Waals surface area contributed by atoms with E-state index in [-0.39, 0.29) is 13.2 Å². The fraction of sp³-hybridized carbons (Fsp3) is 0.250. The highest BCUT2D eigenvalue weighted by molar-refractivity contribution is 6.04. The minimum absolute atomic E-state index is 0.0375. The summed E-state index contributed by atoms with van der Waals surface area (Å²) in [7, 11) is 0. The number of hydrogen-bond donors (Lipinski definition) is 0. The molecule has 0 radical (unpaired) electrons. The molecule has 0 spiro atoms. The Labute approximate surface area is 363 Å². The Morgan fingerprint density at radius 2 is 0.694 bits per heavy atom. The Bertz CT molecular complexity index is 2240. The lowest BCUT2D eigenvalue weighted by molar-refractivity contribution is 0.0223. The van der Waals surface area contributed by atoms with Gasteiger partial charge in [-0.1, -0.05) is 121 Å². The SMILES string of the molecule is O=C(OCc1ccc2c(c1)OCCOCCOCCOc1ccccc1OCCOCCOCCO2)c1ccc(C(=C(c2ccccc2)c2ccccc2)c2ccccc2)cc1. The smallest absolute Gasteiger partial charge is 0.338 e. The van der Waals surface area contributed by atoms with Crippen LogP contribution in [0, 0.1) is 0 Å². The van der Waals surface area contributed by atoms with Gasteiger partial charge < -0.3 is 42.6 Å². The first-order valence-electron chi connectivity index (χ1n) is 20.9. The molecule has 1 heterocycles. The van der Waals surface area contributed by atoms with E-state index in [9.17, 15) is 4.79 Å². The van der Waals surface area contributed by atoms with Crippen LogP contribution in [0.5, 0.6) is 23.0 Å².